The zero-order chi connectivity index (χ0) is 10.7. The van der Waals surface area contributed by atoms with Crippen molar-refractivity contribution in [3.05, 3.63) is 18.1 Å². The van der Waals surface area contributed by atoms with Gasteiger partial charge >= 0.3 is 0 Å². The highest BCUT2D eigenvalue weighted by molar-refractivity contribution is 8.00. The molecule has 14 heavy (non-hydrogen) atoms. The molecule has 0 unspecified atom stereocenters. The maximum Gasteiger partial charge on any atom is 0.231 e. The first-order valence-corrected chi connectivity index (χ1v) is 5.40. The molecular weight excluding hydrogens is 198 g/mol. The largest absolute Gasteiger partial charge is 0.468 e. The first-order valence-electron chi connectivity index (χ1n) is 4.52. The number of furan rings is 1. The zero-order valence-corrected chi connectivity index (χ0v) is 9.43. The van der Waals surface area contributed by atoms with Crippen molar-refractivity contribution in [3.8, 4) is 0 Å². The molecule has 2 N–H and O–H groups in total. The molecule has 1 rings (SSSR count). The van der Waals surface area contributed by atoms with Crippen LogP contribution in [-0.2, 0) is 4.79 Å². The third-order valence-electron chi connectivity index (χ3n) is 1.95. The number of aryl methyl sites for hydroxylation is 1. The summed E-state index contributed by atoms with van der Waals surface area (Å²) in [5, 5.41) is -0.189. The highest BCUT2D eigenvalue weighted by Crippen LogP contribution is 2.30. The van der Waals surface area contributed by atoms with E-state index in [1.807, 2.05) is 26.8 Å². The predicted octanol–water partition coefficient (Wildman–Crippen LogP) is 2.19. The Labute approximate surface area is 88.0 Å². The van der Waals surface area contributed by atoms with Crippen molar-refractivity contribution in [1.29, 1.82) is 0 Å². The minimum absolute atomic E-state index is 0.189. The number of carbonyl (C=O) groups is 1. The van der Waals surface area contributed by atoms with Gasteiger partial charge in [0.2, 0.25) is 5.91 Å². The fraction of sp³-hybridized carbons (Fsp3) is 0.500. The normalized spacial score (nSPS) is 13.1. The topological polar surface area (TPSA) is 56.2 Å². The van der Waals surface area contributed by atoms with Crippen molar-refractivity contribution in [1.82, 2.24) is 0 Å². The number of primary amides is 1. The third-order valence-corrected chi connectivity index (χ3v) is 3.66. The average Bonchev–Trinajstić information content (AvgIpc) is 2.46. The number of amides is 1. The zero-order valence-electron chi connectivity index (χ0n) is 8.61. The average molecular weight is 213 g/mol. The molecule has 0 aromatic carbocycles. The summed E-state index contributed by atoms with van der Waals surface area (Å²) in [4.78, 5) is 12.1. The molecule has 0 aliphatic carbocycles. The van der Waals surface area contributed by atoms with Crippen LogP contribution in [0.15, 0.2) is 21.6 Å². The van der Waals surface area contributed by atoms with E-state index in [0.717, 1.165) is 10.7 Å². The van der Waals surface area contributed by atoms with E-state index in [4.69, 9.17) is 10.2 Å². The number of thioether (sulfide) groups is 1. The van der Waals surface area contributed by atoms with E-state index in [9.17, 15) is 4.79 Å². The summed E-state index contributed by atoms with van der Waals surface area (Å²) in [6.07, 6.45) is 1.62. The van der Waals surface area contributed by atoms with Crippen molar-refractivity contribution in [3.63, 3.8) is 0 Å². The summed E-state index contributed by atoms with van der Waals surface area (Å²) >= 11 is 1.47. The molecule has 1 aromatic heterocycles. The second kappa shape index (κ2) is 4.55. The van der Waals surface area contributed by atoms with E-state index in [2.05, 4.69) is 0 Å². The van der Waals surface area contributed by atoms with E-state index in [-0.39, 0.29) is 17.1 Å². The Kier molecular flexibility index (Phi) is 3.63. The van der Waals surface area contributed by atoms with Crippen LogP contribution in [0.4, 0.5) is 0 Å². The van der Waals surface area contributed by atoms with E-state index in [1.165, 1.54) is 11.8 Å². The molecule has 0 fully saturated rings. The Bertz CT molecular complexity index is 320. The predicted molar refractivity (Wildman–Crippen MR) is 57.1 cm³/mol. The van der Waals surface area contributed by atoms with Gasteiger partial charge in [0.1, 0.15) is 5.76 Å². The fourth-order valence-electron chi connectivity index (χ4n) is 1.16. The summed E-state index contributed by atoms with van der Waals surface area (Å²) in [5.41, 5.74) is 5.31. The van der Waals surface area contributed by atoms with Crippen LogP contribution in [0.25, 0.3) is 0 Å². The van der Waals surface area contributed by atoms with Crippen molar-refractivity contribution in [2.24, 2.45) is 11.7 Å². The monoisotopic (exact) mass is 213 g/mol. The molecule has 78 valence electrons. The van der Waals surface area contributed by atoms with Gasteiger partial charge in [0.25, 0.3) is 0 Å². The molecule has 3 nitrogen and oxygen atoms in total. The van der Waals surface area contributed by atoms with Gasteiger partial charge in [-0.2, -0.15) is 0 Å². The Morgan fingerprint density at radius 3 is 2.57 bits per heavy atom. The number of hydrogen-bond donors (Lipinski definition) is 1. The van der Waals surface area contributed by atoms with Crippen LogP contribution in [0.5, 0.6) is 0 Å². The molecule has 0 aliphatic rings. The number of nitrogens with two attached hydrogens (primary N) is 1. The molecule has 1 heterocycles. The molecule has 0 radical (unpaired) electrons. The third kappa shape index (κ3) is 2.54. The lowest BCUT2D eigenvalue weighted by molar-refractivity contribution is -0.118. The Balaban J connectivity index is 2.75. The molecule has 0 saturated heterocycles. The Morgan fingerprint density at radius 1 is 1.57 bits per heavy atom. The van der Waals surface area contributed by atoms with Gasteiger partial charge in [0, 0.05) is 4.90 Å². The maximum atomic E-state index is 11.1. The van der Waals surface area contributed by atoms with Crippen LogP contribution in [0.3, 0.4) is 0 Å². The molecule has 0 saturated carbocycles. The van der Waals surface area contributed by atoms with Crippen LogP contribution in [0, 0.1) is 12.8 Å². The lowest BCUT2D eigenvalue weighted by Gasteiger charge is -2.15. The van der Waals surface area contributed by atoms with Gasteiger partial charge in [-0.3, -0.25) is 4.79 Å². The van der Waals surface area contributed by atoms with Crippen molar-refractivity contribution >= 4 is 17.7 Å². The lowest BCUT2D eigenvalue weighted by atomic mass is 10.1. The van der Waals surface area contributed by atoms with Gasteiger partial charge in [-0.25, -0.2) is 0 Å². The minimum atomic E-state index is -0.273. The quantitative estimate of drug-likeness (QED) is 0.780. The number of hydrogen-bond acceptors (Lipinski definition) is 3. The second-order valence-electron chi connectivity index (χ2n) is 3.53. The lowest BCUT2D eigenvalue weighted by Crippen LogP contribution is -2.30. The molecule has 4 heteroatoms. The molecular formula is C10H15NO2S. The first-order chi connectivity index (χ1) is 6.52. The molecule has 0 spiro atoms. The van der Waals surface area contributed by atoms with E-state index >= 15 is 0 Å². The van der Waals surface area contributed by atoms with E-state index in [1.54, 1.807) is 6.26 Å². The Morgan fingerprint density at radius 2 is 2.21 bits per heavy atom. The summed E-state index contributed by atoms with van der Waals surface area (Å²) < 4.78 is 5.15. The smallest absolute Gasteiger partial charge is 0.231 e. The van der Waals surface area contributed by atoms with Crippen LogP contribution in [-0.4, -0.2) is 11.2 Å². The standard InChI is InChI=1S/C10H15NO2S/c1-6(2)9(10(11)12)14-8-4-5-13-7(8)3/h4-6,9H,1-3H3,(H2,11,12)/t9-/m1/s1. The summed E-state index contributed by atoms with van der Waals surface area (Å²) in [6.45, 7) is 5.84. The SMILES string of the molecule is Cc1occc1S[C@@H](C(N)=O)C(C)C. The molecule has 0 aliphatic heterocycles. The molecule has 1 amide bonds. The second-order valence-corrected chi connectivity index (χ2v) is 4.71. The van der Waals surface area contributed by atoms with Crippen LogP contribution >= 0.6 is 11.8 Å². The highest BCUT2D eigenvalue weighted by atomic mass is 32.2. The van der Waals surface area contributed by atoms with E-state index in [0.29, 0.717) is 0 Å². The number of carbonyl (C=O) groups excluding carboxylic acids is 1. The molecule has 1 atom stereocenters. The van der Waals surface area contributed by atoms with Crippen LogP contribution < -0.4 is 5.73 Å². The van der Waals surface area contributed by atoms with Crippen molar-refractivity contribution in [2.75, 3.05) is 0 Å². The maximum absolute atomic E-state index is 11.1. The van der Waals surface area contributed by atoms with Gasteiger partial charge in [0.15, 0.2) is 0 Å². The summed E-state index contributed by atoms with van der Waals surface area (Å²) in [5.74, 6) is 0.791. The van der Waals surface area contributed by atoms with Crippen LogP contribution in [0.1, 0.15) is 19.6 Å². The highest BCUT2D eigenvalue weighted by Gasteiger charge is 2.22. The molecule has 0 bridgehead atoms. The van der Waals surface area contributed by atoms with Crippen molar-refractivity contribution < 1.29 is 9.21 Å². The van der Waals surface area contributed by atoms with E-state index < -0.39 is 0 Å². The first kappa shape index (κ1) is 11.2. The summed E-state index contributed by atoms with van der Waals surface area (Å²) in [7, 11) is 0. The molecule has 1 aromatic rings. The van der Waals surface area contributed by atoms with Gasteiger partial charge in [-0.15, -0.1) is 11.8 Å². The van der Waals surface area contributed by atoms with Gasteiger partial charge in [-0.1, -0.05) is 13.8 Å². The fourth-order valence-corrected chi connectivity index (χ4v) is 2.17. The van der Waals surface area contributed by atoms with Gasteiger partial charge in [-0.05, 0) is 18.9 Å². The Hall–Kier alpha value is -0.900. The van der Waals surface area contributed by atoms with Crippen molar-refractivity contribution in [2.45, 2.75) is 30.9 Å². The van der Waals surface area contributed by atoms with Gasteiger partial charge < -0.3 is 10.2 Å². The van der Waals surface area contributed by atoms with Gasteiger partial charge in [0.05, 0.1) is 11.5 Å². The van der Waals surface area contributed by atoms with Crippen LogP contribution in [0.2, 0.25) is 0 Å². The number of rotatable bonds is 4. The minimum Gasteiger partial charge on any atom is -0.468 e. The summed E-state index contributed by atoms with van der Waals surface area (Å²) in [6, 6.07) is 1.86.